The molecule has 0 radical (unpaired) electrons. The first-order valence-corrected chi connectivity index (χ1v) is 8.83. The van der Waals surface area contributed by atoms with Gasteiger partial charge >= 0.3 is 11.9 Å². The third kappa shape index (κ3) is 6.09. The summed E-state index contributed by atoms with van der Waals surface area (Å²) >= 11 is 0. The fourth-order valence-corrected chi connectivity index (χ4v) is 2.44. The minimum absolute atomic E-state index is 0.0518. The monoisotopic (exact) mass is 418 g/mol. The van der Waals surface area contributed by atoms with Gasteiger partial charge in [0.15, 0.2) is 6.61 Å². The van der Waals surface area contributed by atoms with Crippen LogP contribution in [-0.4, -0.2) is 47.9 Å². The highest BCUT2D eigenvalue weighted by Crippen LogP contribution is 2.19. The van der Waals surface area contributed by atoms with E-state index in [2.05, 4.69) is 0 Å². The molecule has 10 heteroatoms. The predicted octanol–water partition coefficient (Wildman–Crippen LogP) is 2.73. The average Bonchev–Trinajstić information content (AvgIpc) is 2.73. The zero-order valence-corrected chi connectivity index (χ0v) is 16.3. The fraction of sp³-hybridized carbons (Fsp3) is 0.250. The lowest BCUT2D eigenvalue weighted by molar-refractivity contribution is -0.384. The summed E-state index contributed by atoms with van der Waals surface area (Å²) in [5.74, 6) is -2.78. The average molecular weight is 418 g/mol. The number of halogens is 1. The molecule has 0 N–H and O–H groups in total. The second-order valence-electron chi connectivity index (χ2n) is 6.20. The molecular formula is C20H19FN2O7. The van der Waals surface area contributed by atoms with E-state index in [0.717, 1.165) is 18.2 Å². The fourth-order valence-electron chi connectivity index (χ4n) is 2.44. The van der Waals surface area contributed by atoms with Gasteiger partial charge in [-0.15, -0.1) is 0 Å². The van der Waals surface area contributed by atoms with Crippen molar-refractivity contribution >= 4 is 23.5 Å². The van der Waals surface area contributed by atoms with Crippen molar-refractivity contribution < 1.29 is 33.2 Å². The number of carbonyl (C=O) groups is 3. The summed E-state index contributed by atoms with van der Waals surface area (Å²) in [5.41, 5.74) is -0.261. The Morgan fingerprint density at radius 1 is 1.03 bits per heavy atom. The first-order chi connectivity index (χ1) is 14.2. The molecule has 0 aromatic heterocycles. The molecule has 0 atom stereocenters. The maximum atomic E-state index is 12.9. The molecule has 2 aromatic rings. The van der Waals surface area contributed by atoms with E-state index in [1.54, 1.807) is 6.92 Å². The number of nitro groups is 1. The molecule has 0 fully saturated rings. The molecule has 0 aliphatic heterocycles. The first-order valence-electron chi connectivity index (χ1n) is 8.83. The van der Waals surface area contributed by atoms with Crippen molar-refractivity contribution in [3.63, 3.8) is 0 Å². The summed E-state index contributed by atoms with van der Waals surface area (Å²) in [7, 11) is 1.48. The van der Waals surface area contributed by atoms with Crippen LogP contribution in [-0.2, 0) is 20.8 Å². The molecule has 9 nitrogen and oxygen atoms in total. The summed E-state index contributed by atoms with van der Waals surface area (Å²) in [6, 6.07) is 8.58. The summed E-state index contributed by atoms with van der Waals surface area (Å²) in [6.45, 7) is 1.17. The van der Waals surface area contributed by atoms with Crippen molar-refractivity contribution in [1.82, 2.24) is 4.90 Å². The van der Waals surface area contributed by atoms with Crippen molar-refractivity contribution in [2.24, 2.45) is 0 Å². The SMILES string of the molecule is CCOC(=O)c1cc(C(=O)OCC(=O)N(C)Cc2ccc(F)cc2)cc([N+](=O)[O-])c1. The van der Waals surface area contributed by atoms with E-state index in [1.807, 2.05) is 0 Å². The molecule has 0 heterocycles. The van der Waals surface area contributed by atoms with Gasteiger partial charge in [0, 0.05) is 25.7 Å². The largest absolute Gasteiger partial charge is 0.462 e. The van der Waals surface area contributed by atoms with Crippen LogP contribution in [0, 0.1) is 15.9 Å². The van der Waals surface area contributed by atoms with Gasteiger partial charge in [-0.25, -0.2) is 14.0 Å². The minimum Gasteiger partial charge on any atom is -0.462 e. The molecule has 158 valence electrons. The Hall–Kier alpha value is -3.82. The van der Waals surface area contributed by atoms with Gasteiger partial charge in [0.2, 0.25) is 0 Å². The molecular weight excluding hydrogens is 399 g/mol. The highest BCUT2D eigenvalue weighted by atomic mass is 19.1. The van der Waals surface area contributed by atoms with Crippen molar-refractivity contribution in [2.45, 2.75) is 13.5 Å². The van der Waals surface area contributed by atoms with E-state index >= 15 is 0 Å². The van der Waals surface area contributed by atoms with E-state index < -0.39 is 40.9 Å². The smallest absolute Gasteiger partial charge is 0.338 e. The van der Waals surface area contributed by atoms with Gasteiger partial charge in [-0.05, 0) is 30.7 Å². The Morgan fingerprint density at radius 2 is 1.60 bits per heavy atom. The molecule has 1 amide bonds. The molecule has 30 heavy (non-hydrogen) atoms. The number of benzene rings is 2. The number of rotatable bonds is 8. The van der Waals surface area contributed by atoms with Crippen LogP contribution in [0.5, 0.6) is 0 Å². The Balaban J connectivity index is 2.05. The van der Waals surface area contributed by atoms with Gasteiger partial charge in [0.25, 0.3) is 11.6 Å². The van der Waals surface area contributed by atoms with Crippen LogP contribution < -0.4 is 0 Å². The lowest BCUT2D eigenvalue weighted by atomic mass is 10.1. The maximum absolute atomic E-state index is 12.9. The number of carbonyl (C=O) groups excluding carboxylic acids is 3. The third-order valence-electron chi connectivity index (χ3n) is 3.96. The number of amides is 1. The van der Waals surface area contributed by atoms with Gasteiger partial charge in [0.05, 0.1) is 22.7 Å². The van der Waals surface area contributed by atoms with Gasteiger partial charge in [0.1, 0.15) is 5.82 Å². The molecule has 2 aromatic carbocycles. The van der Waals surface area contributed by atoms with E-state index in [9.17, 15) is 28.9 Å². The summed E-state index contributed by atoms with van der Waals surface area (Å²) in [6.07, 6.45) is 0. The van der Waals surface area contributed by atoms with Crippen LogP contribution in [0.15, 0.2) is 42.5 Å². The van der Waals surface area contributed by atoms with Crippen LogP contribution >= 0.6 is 0 Å². The minimum atomic E-state index is -1.01. The molecule has 0 saturated heterocycles. The number of nitro benzene ring substituents is 1. The highest BCUT2D eigenvalue weighted by molar-refractivity contribution is 5.97. The summed E-state index contributed by atoms with van der Waals surface area (Å²) in [4.78, 5) is 47.9. The number of hydrogen-bond donors (Lipinski definition) is 0. The predicted molar refractivity (Wildman–Crippen MR) is 102 cm³/mol. The van der Waals surface area contributed by atoms with Crippen LogP contribution in [0.1, 0.15) is 33.2 Å². The van der Waals surface area contributed by atoms with E-state index in [-0.39, 0.29) is 24.3 Å². The molecule has 0 bridgehead atoms. The zero-order chi connectivity index (χ0) is 22.3. The molecule has 0 spiro atoms. The second-order valence-corrected chi connectivity index (χ2v) is 6.20. The highest BCUT2D eigenvalue weighted by Gasteiger charge is 2.21. The van der Waals surface area contributed by atoms with Gasteiger partial charge < -0.3 is 14.4 Å². The van der Waals surface area contributed by atoms with Crippen molar-refractivity contribution in [3.05, 3.63) is 75.1 Å². The lowest BCUT2D eigenvalue weighted by Gasteiger charge is -2.17. The summed E-state index contributed by atoms with van der Waals surface area (Å²) < 4.78 is 22.7. The van der Waals surface area contributed by atoms with E-state index in [0.29, 0.717) is 5.56 Å². The molecule has 0 aliphatic carbocycles. The molecule has 2 rings (SSSR count). The van der Waals surface area contributed by atoms with E-state index in [1.165, 1.54) is 36.2 Å². The quantitative estimate of drug-likeness (QED) is 0.368. The number of ether oxygens (including phenoxy) is 2. The third-order valence-corrected chi connectivity index (χ3v) is 3.96. The van der Waals surface area contributed by atoms with Crippen molar-refractivity contribution in [2.75, 3.05) is 20.3 Å². The van der Waals surface area contributed by atoms with Crippen molar-refractivity contribution in [1.29, 1.82) is 0 Å². The molecule has 0 aliphatic rings. The number of hydrogen-bond acceptors (Lipinski definition) is 7. The first kappa shape index (κ1) is 22.5. The Morgan fingerprint density at radius 3 is 2.13 bits per heavy atom. The summed E-state index contributed by atoms with van der Waals surface area (Å²) in [5, 5.41) is 11.1. The van der Waals surface area contributed by atoms with Crippen molar-refractivity contribution in [3.8, 4) is 0 Å². The molecule has 0 saturated carbocycles. The van der Waals surface area contributed by atoms with Gasteiger partial charge in [-0.3, -0.25) is 14.9 Å². The number of esters is 2. The van der Waals surface area contributed by atoms with Crippen LogP contribution in [0.4, 0.5) is 10.1 Å². The van der Waals surface area contributed by atoms with Gasteiger partial charge in [-0.1, -0.05) is 12.1 Å². The lowest BCUT2D eigenvalue weighted by Crippen LogP contribution is -2.30. The Labute approximate surface area is 171 Å². The second kappa shape index (κ2) is 10.1. The number of nitrogens with zero attached hydrogens (tertiary/aromatic N) is 2. The standard InChI is InChI=1S/C20H19FN2O7/c1-3-29-19(25)14-8-15(10-17(9-14)23(27)28)20(26)30-12-18(24)22(2)11-13-4-6-16(21)7-5-13/h4-10H,3,11-12H2,1-2H3. The van der Waals surface area contributed by atoms with E-state index in [4.69, 9.17) is 9.47 Å². The topological polar surface area (TPSA) is 116 Å². The maximum Gasteiger partial charge on any atom is 0.338 e. The Bertz CT molecular complexity index is 960. The molecule has 0 unspecified atom stereocenters. The van der Waals surface area contributed by atoms with Crippen LogP contribution in [0.2, 0.25) is 0 Å². The van der Waals surface area contributed by atoms with Crippen LogP contribution in [0.3, 0.4) is 0 Å². The Kier molecular flexibility index (Phi) is 7.56. The zero-order valence-electron chi connectivity index (χ0n) is 16.3. The van der Waals surface area contributed by atoms with Gasteiger partial charge in [-0.2, -0.15) is 0 Å². The number of non-ortho nitro benzene ring substituents is 1. The normalized spacial score (nSPS) is 10.2. The van der Waals surface area contributed by atoms with Crippen LogP contribution in [0.25, 0.3) is 0 Å². The number of likely N-dealkylation sites (N-methyl/N-ethyl adjacent to an activating group) is 1.